The molecule has 2 aromatic carbocycles. The fourth-order valence-corrected chi connectivity index (χ4v) is 2.97. The number of hydrogen-bond acceptors (Lipinski definition) is 3. The summed E-state index contributed by atoms with van der Waals surface area (Å²) in [5.41, 5.74) is 2.01. The number of amides is 1. The number of carbonyl (C=O) groups excluding carboxylic acids is 1. The first kappa shape index (κ1) is 22.0. The lowest BCUT2D eigenvalue weighted by molar-refractivity contribution is -0.192. The van der Waals surface area contributed by atoms with E-state index in [1.165, 1.54) is 18.2 Å². The first-order valence-corrected chi connectivity index (χ1v) is 8.86. The number of aromatic nitrogens is 2. The summed E-state index contributed by atoms with van der Waals surface area (Å²) in [5.74, 6) is -3.87. The summed E-state index contributed by atoms with van der Waals surface area (Å²) < 4.78 is 45.5. The average molecular weight is 454 g/mol. The van der Waals surface area contributed by atoms with Gasteiger partial charge < -0.3 is 15.4 Å². The molecule has 160 valence electrons. The van der Waals surface area contributed by atoms with Crippen molar-refractivity contribution in [1.82, 2.24) is 9.97 Å². The van der Waals surface area contributed by atoms with E-state index >= 15 is 0 Å². The smallest absolute Gasteiger partial charge is 0.475 e. The number of anilines is 1. The summed E-state index contributed by atoms with van der Waals surface area (Å²) in [7, 11) is 0. The van der Waals surface area contributed by atoms with E-state index < -0.39 is 23.9 Å². The molecule has 1 amide bonds. The van der Waals surface area contributed by atoms with Crippen molar-refractivity contribution in [2.75, 3.05) is 5.32 Å². The standard InChI is InChI=1S/C18H11ClFN3O.C2HF3O2/c19-10-7-13-11-5-6-21-9-16(11)22-17(13)15(8-10)23-18(24)12-3-1-2-4-14(12)20;3-2(4,5)1(6)7/h1-9,22H,(H,23,24);(H,6,7). The molecule has 0 unspecified atom stereocenters. The minimum atomic E-state index is -5.08. The molecule has 0 atom stereocenters. The fraction of sp³-hybridized carbons (Fsp3) is 0.0500. The Kier molecular flexibility index (Phi) is 6.11. The van der Waals surface area contributed by atoms with Gasteiger partial charge in [0.1, 0.15) is 5.82 Å². The number of pyridine rings is 1. The van der Waals surface area contributed by atoms with Crippen LogP contribution in [0.25, 0.3) is 21.8 Å². The average Bonchev–Trinajstić information content (AvgIpc) is 3.07. The lowest BCUT2D eigenvalue weighted by atomic mass is 10.1. The zero-order valence-corrected chi connectivity index (χ0v) is 16.1. The van der Waals surface area contributed by atoms with Gasteiger partial charge in [0.25, 0.3) is 5.91 Å². The molecule has 0 saturated heterocycles. The topological polar surface area (TPSA) is 95.1 Å². The van der Waals surface area contributed by atoms with Gasteiger partial charge in [-0.15, -0.1) is 0 Å². The molecule has 0 aliphatic rings. The summed E-state index contributed by atoms with van der Waals surface area (Å²) in [5, 5.41) is 12.1. The fourth-order valence-electron chi connectivity index (χ4n) is 2.75. The van der Waals surface area contributed by atoms with Gasteiger partial charge in [0.2, 0.25) is 0 Å². The molecule has 0 aliphatic carbocycles. The zero-order valence-electron chi connectivity index (χ0n) is 15.3. The quantitative estimate of drug-likeness (QED) is 0.354. The molecule has 0 spiro atoms. The Bertz CT molecular complexity index is 1290. The number of nitrogens with one attached hydrogen (secondary N) is 2. The third-order valence-electron chi connectivity index (χ3n) is 4.08. The third-order valence-corrected chi connectivity index (χ3v) is 4.30. The van der Waals surface area contributed by atoms with Crippen LogP contribution < -0.4 is 5.32 Å². The van der Waals surface area contributed by atoms with Crippen LogP contribution in [0.15, 0.2) is 54.9 Å². The molecule has 31 heavy (non-hydrogen) atoms. The van der Waals surface area contributed by atoms with Crippen molar-refractivity contribution in [1.29, 1.82) is 0 Å². The molecule has 4 aromatic rings. The lowest BCUT2D eigenvalue weighted by Gasteiger charge is -2.08. The van der Waals surface area contributed by atoms with Crippen molar-refractivity contribution in [3.8, 4) is 0 Å². The van der Waals surface area contributed by atoms with Gasteiger partial charge in [0, 0.05) is 22.0 Å². The Hall–Kier alpha value is -3.66. The Morgan fingerprint density at radius 3 is 2.42 bits per heavy atom. The number of halogens is 5. The summed E-state index contributed by atoms with van der Waals surface area (Å²) in [6, 6.07) is 11.1. The van der Waals surface area contributed by atoms with Crippen LogP contribution >= 0.6 is 11.6 Å². The number of nitrogens with zero attached hydrogens (tertiary/aromatic N) is 1. The Morgan fingerprint density at radius 2 is 1.77 bits per heavy atom. The molecule has 3 N–H and O–H groups in total. The van der Waals surface area contributed by atoms with Crippen molar-refractivity contribution < 1.29 is 32.3 Å². The molecule has 6 nitrogen and oxygen atoms in total. The second-order valence-electron chi connectivity index (χ2n) is 6.16. The number of hydrogen-bond donors (Lipinski definition) is 3. The molecule has 2 heterocycles. The van der Waals surface area contributed by atoms with Crippen molar-refractivity contribution in [3.05, 3.63) is 71.3 Å². The molecule has 11 heteroatoms. The molecule has 4 rings (SSSR count). The number of carboxylic acids is 1. The molecule has 0 bridgehead atoms. The largest absolute Gasteiger partial charge is 0.490 e. The van der Waals surface area contributed by atoms with Crippen LogP contribution in [0.2, 0.25) is 5.02 Å². The number of alkyl halides is 3. The van der Waals surface area contributed by atoms with E-state index in [0.29, 0.717) is 16.2 Å². The number of aliphatic carboxylic acids is 1. The molecule has 2 aromatic heterocycles. The van der Waals surface area contributed by atoms with Crippen LogP contribution in [0.1, 0.15) is 10.4 Å². The number of aromatic amines is 1. The number of benzene rings is 2. The van der Waals surface area contributed by atoms with E-state index in [4.69, 9.17) is 21.5 Å². The van der Waals surface area contributed by atoms with Gasteiger partial charge in [-0.05, 0) is 30.3 Å². The predicted molar refractivity (Wildman–Crippen MR) is 107 cm³/mol. The summed E-state index contributed by atoms with van der Waals surface area (Å²) in [6.45, 7) is 0. The van der Waals surface area contributed by atoms with Gasteiger partial charge in [-0.2, -0.15) is 13.2 Å². The molecular formula is C20H12ClF4N3O3. The maximum atomic E-state index is 13.8. The normalized spacial score (nSPS) is 11.1. The van der Waals surface area contributed by atoms with Gasteiger partial charge in [0.05, 0.1) is 28.5 Å². The van der Waals surface area contributed by atoms with Gasteiger partial charge in [-0.25, -0.2) is 9.18 Å². The number of carboxylic acid groups (broad SMARTS) is 1. The van der Waals surface area contributed by atoms with Gasteiger partial charge in [-0.3, -0.25) is 9.78 Å². The van der Waals surface area contributed by atoms with Crippen molar-refractivity contribution >= 4 is 51.0 Å². The number of carbonyl (C=O) groups is 2. The van der Waals surface area contributed by atoms with Crippen molar-refractivity contribution in [2.24, 2.45) is 0 Å². The Labute approximate surface area is 176 Å². The second kappa shape index (κ2) is 8.60. The first-order chi connectivity index (χ1) is 14.6. The van der Waals surface area contributed by atoms with E-state index in [2.05, 4.69) is 15.3 Å². The SMILES string of the molecule is O=C(Nc1cc(Cl)cc2c1[nH]c1cnccc12)c1ccccc1F.O=C(O)C(F)(F)F. The number of fused-ring (bicyclic) bond motifs is 3. The van der Waals surface area contributed by atoms with Gasteiger partial charge in [0.15, 0.2) is 0 Å². The third kappa shape index (κ3) is 4.92. The van der Waals surface area contributed by atoms with E-state index in [1.54, 1.807) is 24.5 Å². The number of rotatable bonds is 2. The molecule has 0 saturated carbocycles. The molecule has 0 fully saturated rings. The van der Waals surface area contributed by atoms with Crippen LogP contribution in [0.4, 0.5) is 23.2 Å². The lowest BCUT2D eigenvalue weighted by Crippen LogP contribution is -2.21. The molecular weight excluding hydrogens is 442 g/mol. The Balaban J connectivity index is 0.000000339. The highest BCUT2D eigenvalue weighted by Crippen LogP contribution is 2.33. The molecule has 0 radical (unpaired) electrons. The summed E-state index contributed by atoms with van der Waals surface area (Å²) in [6.07, 6.45) is -1.69. The highest BCUT2D eigenvalue weighted by molar-refractivity contribution is 6.33. The van der Waals surface area contributed by atoms with Gasteiger partial charge in [-0.1, -0.05) is 23.7 Å². The first-order valence-electron chi connectivity index (χ1n) is 8.49. The minimum Gasteiger partial charge on any atom is -0.475 e. The van der Waals surface area contributed by atoms with Crippen molar-refractivity contribution in [3.63, 3.8) is 0 Å². The van der Waals surface area contributed by atoms with Crippen LogP contribution in [0, 0.1) is 5.82 Å². The maximum absolute atomic E-state index is 13.8. The van der Waals surface area contributed by atoms with E-state index in [1.807, 2.05) is 12.1 Å². The summed E-state index contributed by atoms with van der Waals surface area (Å²) >= 11 is 6.19. The monoisotopic (exact) mass is 453 g/mol. The second-order valence-corrected chi connectivity index (χ2v) is 6.60. The van der Waals surface area contributed by atoms with Crippen molar-refractivity contribution in [2.45, 2.75) is 6.18 Å². The van der Waals surface area contributed by atoms with Crippen LogP contribution in [0.3, 0.4) is 0 Å². The van der Waals surface area contributed by atoms with E-state index in [9.17, 15) is 22.4 Å². The predicted octanol–water partition coefficient (Wildman–Crippen LogP) is 5.39. The zero-order chi connectivity index (χ0) is 22.8. The van der Waals surface area contributed by atoms with E-state index in [-0.39, 0.29) is 5.56 Å². The number of H-pyrrole nitrogens is 1. The Morgan fingerprint density at radius 1 is 1.10 bits per heavy atom. The van der Waals surface area contributed by atoms with E-state index in [0.717, 1.165) is 16.3 Å². The maximum Gasteiger partial charge on any atom is 0.490 e. The highest BCUT2D eigenvalue weighted by Gasteiger charge is 2.38. The van der Waals surface area contributed by atoms with Crippen LogP contribution in [-0.4, -0.2) is 33.1 Å². The van der Waals surface area contributed by atoms with Gasteiger partial charge >= 0.3 is 12.1 Å². The van der Waals surface area contributed by atoms with Crippen LogP contribution in [0.5, 0.6) is 0 Å². The highest BCUT2D eigenvalue weighted by atomic mass is 35.5. The van der Waals surface area contributed by atoms with Crippen LogP contribution in [-0.2, 0) is 4.79 Å². The molecule has 0 aliphatic heterocycles. The minimum absolute atomic E-state index is 0.0246. The summed E-state index contributed by atoms with van der Waals surface area (Å²) in [4.78, 5) is 28.6.